The van der Waals surface area contributed by atoms with E-state index in [0.717, 1.165) is 18.4 Å². The van der Waals surface area contributed by atoms with Crippen LogP contribution in [0.2, 0.25) is 5.02 Å². The summed E-state index contributed by atoms with van der Waals surface area (Å²) in [7, 11) is 0. The van der Waals surface area contributed by atoms with E-state index in [2.05, 4.69) is 0 Å². The lowest BCUT2D eigenvalue weighted by Crippen LogP contribution is -2.20. The maximum Gasteiger partial charge on any atom is 0.0838 e. The minimum absolute atomic E-state index is 0.387. The van der Waals surface area contributed by atoms with Crippen LogP contribution in [0.4, 0.5) is 5.69 Å². The van der Waals surface area contributed by atoms with Crippen molar-refractivity contribution in [1.29, 1.82) is 0 Å². The fraction of sp³-hybridized carbons (Fsp3) is 0.455. The largest absolute Gasteiger partial charge is 0.398 e. The molecule has 1 aromatic rings. The quantitative estimate of drug-likeness (QED) is 0.739. The number of aliphatic hydroxyl groups excluding tert-OH is 1. The number of nitrogens with two attached hydrogens (primary N) is 1. The summed E-state index contributed by atoms with van der Waals surface area (Å²) in [5.41, 5.74) is 7.21. The van der Waals surface area contributed by atoms with Gasteiger partial charge in [-0.1, -0.05) is 24.1 Å². The molecule has 0 radical (unpaired) electrons. The van der Waals surface area contributed by atoms with E-state index in [-0.39, 0.29) is 0 Å². The third-order valence-electron chi connectivity index (χ3n) is 2.96. The molecule has 0 heterocycles. The summed E-state index contributed by atoms with van der Waals surface area (Å²) in [6.07, 6.45) is 3.00. The molecule has 0 aliphatic heterocycles. The minimum atomic E-state index is -0.416. The van der Waals surface area contributed by atoms with Crippen LogP contribution in [0.5, 0.6) is 0 Å². The SMILES string of the molecule is Nc1cc(Cl)ccc1C(O)C1CCC1. The van der Waals surface area contributed by atoms with Crippen LogP contribution < -0.4 is 5.73 Å². The highest BCUT2D eigenvalue weighted by atomic mass is 35.5. The van der Waals surface area contributed by atoms with Gasteiger partial charge in [0.2, 0.25) is 0 Å². The van der Waals surface area contributed by atoms with Crippen molar-refractivity contribution in [3.8, 4) is 0 Å². The third kappa shape index (κ3) is 1.72. The van der Waals surface area contributed by atoms with Crippen molar-refractivity contribution < 1.29 is 5.11 Å². The van der Waals surface area contributed by atoms with Crippen LogP contribution in [0.1, 0.15) is 30.9 Å². The number of hydrogen-bond donors (Lipinski definition) is 2. The molecule has 0 spiro atoms. The van der Waals surface area contributed by atoms with E-state index < -0.39 is 6.10 Å². The van der Waals surface area contributed by atoms with E-state index in [1.54, 1.807) is 12.1 Å². The molecule has 3 N–H and O–H groups in total. The lowest BCUT2D eigenvalue weighted by Gasteiger charge is -2.31. The Morgan fingerprint density at radius 2 is 2.14 bits per heavy atom. The summed E-state index contributed by atoms with van der Waals surface area (Å²) in [6.45, 7) is 0. The molecule has 2 rings (SSSR count). The molecule has 0 amide bonds. The zero-order valence-electron chi connectivity index (χ0n) is 7.91. The van der Waals surface area contributed by atoms with Crippen LogP contribution in [0.15, 0.2) is 18.2 Å². The summed E-state index contributed by atoms with van der Waals surface area (Å²) in [6, 6.07) is 5.29. The highest BCUT2D eigenvalue weighted by molar-refractivity contribution is 6.30. The van der Waals surface area contributed by atoms with Crippen molar-refractivity contribution in [3.05, 3.63) is 28.8 Å². The smallest absolute Gasteiger partial charge is 0.0838 e. The summed E-state index contributed by atoms with van der Waals surface area (Å²) >= 11 is 5.79. The van der Waals surface area contributed by atoms with Gasteiger partial charge in [0.15, 0.2) is 0 Å². The van der Waals surface area contributed by atoms with Crippen molar-refractivity contribution in [2.75, 3.05) is 5.73 Å². The van der Waals surface area contributed by atoms with Gasteiger partial charge in [-0.15, -0.1) is 0 Å². The first-order chi connectivity index (χ1) is 6.68. The molecule has 1 fully saturated rings. The van der Waals surface area contributed by atoms with Crippen LogP contribution in [0, 0.1) is 5.92 Å². The van der Waals surface area contributed by atoms with Crippen LogP contribution in [-0.4, -0.2) is 5.11 Å². The Kier molecular flexibility index (Phi) is 2.66. The second kappa shape index (κ2) is 3.79. The fourth-order valence-corrected chi connectivity index (χ4v) is 2.01. The first kappa shape index (κ1) is 9.81. The average molecular weight is 212 g/mol. The van der Waals surface area contributed by atoms with E-state index >= 15 is 0 Å². The predicted octanol–water partition coefficient (Wildman–Crippen LogP) is 2.76. The number of halogens is 1. The second-order valence-electron chi connectivity index (χ2n) is 3.91. The molecule has 1 unspecified atom stereocenters. The Labute approximate surface area is 88.7 Å². The molecule has 1 saturated carbocycles. The Morgan fingerprint density at radius 3 is 2.64 bits per heavy atom. The highest BCUT2D eigenvalue weighted by Gasteiger charge is 2.27. The zero-order chi connectivity index (χ0) is 10.1. The summed E-state index contributed by atoms with van der Waals surface area (Å²) in [4.78, 5) is 0. The van der Waals surface area contributed by atoms with E-state index in [9.17, 15) is 5.11 Å². The minimum Gasteiger partial charge on any atom is -0.398 e. The van der Waals surface area contributed by atoms with Crippen molar-refractivity contribution >= 4 is 17.3 Å². The normalized spacial score (nSPS) is 19.0. The van der Waals surface area contributed by atoms with Gasteiger partial charge in [-0.3, -0.25) is 0 Å². The van der Waals surface area contributed by atoms with Crippen LogP contribution in [-0.2, 0) is 0 Å². The number of aliphatic hydroxyl groups is 1. The van der Waals surface area contributed by atoms with Crippen molar-refractivity contribution in [2.24, 2.45) is 5.92 Å². The molecule has 14 heavy (non-hydrogen) atoms. The number of rotatable bonds is 2. The van der Waals surface area contributed by atoms with Gasteiger partial charge in [0.25, 0.3) is 0 Å². The van der Waals surface area contributed by atoms with E-state index in [1.165, 1.54) is 6.42 Å². The molecule has 1 aliphatic carbocycles. The number of hydrogen-bond acceptors (Lipinski definition) is 2. The third-order valence-corrected chi connectivity index (χ3v) is 3.20. The Morgan fingerprint density at radius 1 is 1.43 bits per heavy atom. The van der Waals surface area contributed by atoms with Crippen LogP contribution >= 0.6 is 11.6 Å². The average Bonchev–Trinajstić information content (AvgIpc) is 2.00. The summed E-state index contributed by atoms with van der Waals surface area (Å²) in [5, 5.41) is 10.6. The Hall–Kier alpha value is -0.730. The Bertz CT molecular complexity index is 336. The van der Waals surface area contributed by atoms with E-state index in [4.69, 9.17) is 17.3 Å². The molecule has 0 saturated heterocycles. The molecule has 3 heteroatoms. The van der Waals surface area contributed by atoms with Gasteiger partial charge in [-0.05, 0) is 30.9 Å². The second-order valence-corrected chi connectivity index (χ2v) is 4.35. The molecule has 1 aliphatic rings. The first-order valence-corrected chi connectivity index (χ1v) is 5.29. The molecular weight excluding hydrogens is 198 g/mol. The maximum atomic E-state index is 9.99. The molecule has 1 atom stereocenters. The monoisotopic (exact) mass is 211 g/mol. The van der Waals surface area contributed by atoms with Gasteiger partial charge in [0.1, 0.15) is 0 Å². The van der Waals surface area contributed by atoms with Crippen molar-refractivity contribution in [3.63, 3.8) is 0 Å². The van der Waals surface area contributed by atoms with Crippen molar-refractivity contribution in [1.82, 2.24) is 0 Å². The lowest BCUT2D eigenvalue weighted by atomic mass is 9.78. The van der Waals surface area contributed by atoms with Gasteiger partial charge in [-0.25, -0.2) is 0 Å². The molecule has 1 aromatic carbocycles. The first-order valence-electron chi connectivity index (χ1n) is 4.91. The fourth-order valence-electron chi connectivity index (χ4n) is 1.82. The number of anilines is 1. The molecule has 76 valence electrons. The number of nitrogen functional groups attached to an aromatic ring is 1. The van der Waals surface area contributed by atoms with Gasteiger partial charge in [0.05, 0.1) is 6.10 Å². The standard InChI is InChI=1S/C11H14ClNO/c12-8-4-5-9(10(13)6-8)11(14)7-2-1-3-7/h4-7,11,14H,1-3,13H2. The van der Waals surface area contributed by atoms with Gasteiger partial charge in [0, 0.05) is 16.3 Å². The molecular formula is C11H14ClNO. The van der Waals surface area contributed by atoms with Crippen molar-refractivity contribution in [2.45, 2.75) is 25.4 Å². The van der Waals surface area contributed by atoms with E-state index in [0.29, 0.717) is 16.6 Å². The van der Waals surface area contributed by atoms with Gasteiger partial charge >= 0.3 is 0 Å². The number of benzene rings is 1. The molecule has 0 bridgehead atoms. The van der Waals surface area contributed by atoms with Gasteiger partial charge in [-0.2, -0.15) is 0 Å². The van der Waals surface area contributed by atoms with Crippen LogP contribution in [0.3, 0.4) is 0 Å². The predicted molar refractivity (Wildman–Crippen MR) is 58.2 cm³/mol. The van der Waals surface area contributed by atoms with E-state index in [1.807, 2.05) is 6.07 Å². The zero-order valence-corrected chi connectivity index (χ0v) is 8.67. The van der Waals surface area contributed by atoms with Crippen LogP contribution in [0.25, 0.3) is 0 Å². The summed E-state index contributed by atoms with van der Waals surface area (Å²) in [5.74, 6) is 0.387. The van der Waals surface area contributed by atoms with Gasteiger partial charge < -0.3 is 10.8 Å². The lowest BCUT2D eigenvalue weighted by molar-refractivity contribution is 0.0627. The topological polar surface area (TPSA) is 46.2 Å². The molecule has 2 nitrogen and oxygen atoms in total. The maximum absolute atomic E-state index is 9.99. The summed E-state index contributed by atoms with van der Waals surface area (Å²) < 4.78 is 0. The molecule has 0 aromatic heterocycles. The highest BCUT2D eigenvalue weighted by Crippen LogP contribution is 2.39. The Balaban J connectivity index is 2.22.